The molecule has 0 spiro atoms. The SMILES string of the molecule is CCOc1cccc(CN2C(C(=O)Nc3cccc(Cl)c3)[C@@H](c3cccc(Cl)c3F)[C@H]3[C@@H]2CCN3CC2CC2C(N)=O)c1. The summed E-state index contributed by atoms with van der Waals surface area (Å²) < 4.78 is 21.7. The molecular weight excluding hydrogens is 590 g/mol. The van der Waals surface area contributed by atoms with E-state index in [0.717, 1.165) is 30.7 Å². The molecule has 3 aliphatic rings. The number of primary amides is 1. The Morgan fingerprint density at radius 2 is 1.88 bits per heavy atom. The van der Waals surface area contributed by atoms with Crippen LogP contribution in [0.2, 0.25) is 10.0 Å². The topological polar surface area (TPSA) is 87.9 Å². The van der Waals surface area contributed by atoms with Crippen molar-refractivity contribution in [1.29, 1.82) is 0 Å². The first-order valence-corrected chi connectivity index (χ1v) is 15.5. The minimum absolute atomic E-state index is 0.0199. The normalized spacial score (nSPS) is 26.7. The zero-order valence-corrected chi connectivity index (χ0v) is 25.4. The summed E-state index contributed by atoms with van der Waals surface area (Å²) in [5.74, 6) is -0.777. The Kier molecular flexibility index (Phi) is 8.65. The fraction of sp³-hybridized carbons (Fsp3) is 0.394. The third-order valence-corrected chi connectivity index (χ3v) is 9.58. The Bertz CT molecular complexity index is 1520. The third-order valence-electron chi connectivity index (χ3n) is 9.05. The zero-order chi connectivity index (χ0) is 30.2. The second-order valence-electron chi connectivity index (χ2n) is 11.7. The molecule has 0 radical (unpaired) electrons. The summed E-state index contributed by atoms with van der Waals surface area (Å²) in [6.45, 7) is 4.39. The van der Waals surface area contributed by atoms with Gasteiger partial charge in [0.05, 0.1) is 17.7 Å². The van der Waals surface area contributed by atoms with Crippen molar-refractivity contribution in [3.05, 3.63) is 93.7 Å². The van der Waals surface area contributed by atoms with Crippen molar-refractivity contribution >= 4 is 40.7 Å². The number of nitrogens with two attached hydrogens (primary N) is 1. The monoisotopic (exact) mass is 624 g/mol. The highest BCUT2D eigenvalue weighted by Gasteiger charge is 2.58. The molecule has 6 atom stereocenters. The largest absolute Gasteiger partial charge is 0.494 e. The lowest BCUT2D eigenvalue weighted by molar-refractivity contribution is -0.121. The summed E-state index contributed by atoms with van der Waals surface area (Å²) in [5, 5.41) is 3.58. The van der Waals surface area contributed by atoms with E-state index >= 15 is 4.39 Å². The van der Waals surface area contributed by atoms with Gasteiger partial charge in [-0.3, -0.25) is 19.4 Å². The Hall–Kier alpha value is -3.17. The number of likely N-dealkylation sites (tertiary alicyclic amines) is 2. The number of anilines is 1. The second kappa shape index (κ2) is 12.4. The van der Waals surface area contributed by atoms with E-state index in [1.54, 1.807) is 36.4 Å². The van der Waals surface area contributed by atoms with E-state index in [0.29, 0.717) is 36.0 Å². The van der Waals surface area contributed by atoms with Gasteiger partial charge >= 0.3 is 0 Å². The Morgan fingerprint density at radius 1 is 1.09 bits per heavy atom. The number of carbonyl (C=O) groups is 2. The minimum atomic E-state index is -0.716. The predicted octanol–water partition coefficient (Wildman–Crippen LogP) is 5.70. The Morgan fingerprint density at radius 3 is 2.63 bits per heavy atom. The van der Waals surface area contributed by atoms with Crippen LogP contribution in [0.1, 0.15) is 36.8 Å². The number of nitrogens with zero attached hydrogens (tertiary/aromatic N) is 2. The zero-order valence-electron chi connectivity index (χ0n) is 23.9. The van der Waals surface area contributed by atoms with Crippen molar-refractivity contribution in [3.63, 3.8) is 0 Å². The van der Waals surface area contributed by atoms with Crippen LogP contribution in [-0.2, 0) is 16.1 Å². The molecule has 0 aromatic heterocycles. The van der Waals surface area contributed by atoms with Crippen molar-refractivity contribution in [2.45, 2.75) is 50.4 Å². The van der Waals surface area contributed by atoms with E-state index in [2.05, 4.69) is 15.1 Å². The Labute approximate surface area is 261 Å². The second-order valence-corrected chi connectivity index (χ2v) is 12.6. The van der Waals surface area contributed by atoms with Gasteiger partial charge in [-0.1, -0.05) is 53.5 Å². The van der Waals surface area contributed by atoms with Gasteiger partial charge in [0.25, 0.3) is 0 Å². The summed E-state index contributed by atoms with van der Waals surface area (Å²) in [5.41, 5.74) is 7.58. The molecule has 3 fully saturated rings. The van der Waals surface area contributed by atoms with Crippen molar-refractivity contribution in [1.82, 2.24) is 9.80 Å². The van der Waals surface area contributed by atoms with Gasteiger partial charge in [0.2, 0.25) is 11.8 Å². The van der Waals surface area contributed by atoms with E-state index in [9.17, 15) is 9.59 Å². The number of hydrogen-bond donors (Lipinski definition) is 2. The molecule has 2 aliphatic heterocycles. The lowest BCUT2D eigenvalue weighted by Gasteiger charge is -2.32. The molecule has 43 heavy (non-hydrogen) atoms. The average Bonchev–Trinajstić information content (AvgIpc) is 3.53. The molecule has 226 valence electrons. The van der Waals surface area contributed by atoms with Crippen LogP contribution in [-0.4, -0.2) is 59.4 Å². The third kappa shape index (κ3) is 6.11. The first-order chi connectivity index (χ1) is 20.7. The maximum atomic E-state index is 15.9. The van der Waals surface area contributed by atoms with Crippen molar-refractivity contribution < 1.29 is 18.7 Å². The number of rotatable bonds is 10. The molecule has 2 saturated heterocycles. The summed E-state index contributed by atoms with van der Waals surface area (Å²) >= 11 is 12.6. The van der Waals surface area contributed by atoms with E-state index in [4.69, 9.17) is 33.7 Å². The number of hydrogen-bond acceptors (Lipinski definition) is 5. The molecule has 6 rings (SSSR count). The highest BCUT2D eigenvalue weighted by atomic mass is 35.5. The lowest BCUT2D eigenvalue weighted by atomic mass is 9.85. The van der Waals surface area contributed by atoms with Crippen LogP contribution in [0.15, 0.2) is 66.7 Å². The molecule has 3 unspecified atom stereocenters. The number of halogens is 3. The van der Waals surface area contributed by atoms with Crippen molar-refractivity contribution in [2.24, 2.45) is 17.6 Å². The Balaban J connectivity index is 1.41. The highest BCUT2D eigenvalue weighted by molar-refractivity contribution is 6.31. The number of fused-ring (bicyclic) bond motifs is 1. The standard InChI is InChI=1S/C33H35Cl2FN4O3/c1-2-43-23-9-3-6-19(14-23)17-40-27-12-13-39(18-20-15-25(20)32(37)41)30(27)28(24-10-5-11-26(35)29(24)36)31(40)33(42)38-22-8-4-7-21(34)16-22/h3-11,14,16,20,25,27-28,30-31H,2,12-13,15,17-18H2,1H3,(H2,37,41)(H,38,42)/t20?,25?,27-,28-,30+,31?/m0/s1. The van der Waals surface area contributed by atoms with Crippen LogP contribution >= 0.6 is 23.2 Å². The van der Waals surface area contributed by atoms with Gasteiger partial charge in [-0.2, -0.15) is 0 Å². The maximum Gasteiger partial charge on any atom is 0.242 e. The quantitative estimate of drug-likeness (QED) is 0.302. The molecule has 2 amide bonds. The van der Waals surface area contributed by atoms with Crippen LogP contribution in [0.5, 0.6) is 5.75 Å². The average molecular weight is 626 g/mol. The summed E-state index contributed by atoms with van der Waals surface area (Å²) in [7, 11) is 0. The van der Waals surface area contributed by atoms with Crippen LogP contribution in [0.3, 0.4) is 0 Å². The highest BCUT2D eigenvalue weighted by Crippen LogP contribution is 2.49. The van der Waals surface area contributed by atoms with Crippen molar-refractivity contribution in [2.75, 3.05) is 25.0 Å². The lowest BCUT2D eigenvalue weighted by Crippen LogP contribution is -2.45. The molecule has 0 bridgehead atoms. The van der Waals surface area contributed by atoms with Gasteiger partial charge in [0.1, 0.15) is 11.6 Å². The molecular formula is C33H35Cl2FN4O3. The molecule has 3 aromatic rings. The van der Waals surface area contributed by atoms with Gasteiger partial charge in [-0.25, -0.2) is 4.39 Å². The molecule has 1 saturated carbocycles. The van der Waals surface area contributed by atoms with Crippen LogP contribution in [0.25, 0.3) is 0 Å². The van der Waals surface area contributed by atoms with Gasteiger partial charge in [0, 0.05) is 54.3 Å². The van der Waals surface area contributed by atoms with Crippen molar-refractivity contribution in [3.8, 4) is 5.75 Å². The van der Waals surface area contributed by atoms with Gasteiger partial charge in [0.15, 0.2) is 0 Å². The number of carbonyl (C=O) groups excluding carboxylic acids is 2. The minimum Gasteiger partial charge on any atom is -0.494 e. The molecule has 3 N–H and O–H groups in total. The van der Waals surface area contributed by atoms with Gasteiger partial charge in [-0.15, -0.1) is 0 Å². The summed E-state index contributed by atoms with van der Waals surface area (Å²) in [6.07, 6.45) is 1.55. The molecule has 10 heteroatoms. The van der Waals surface area contributed by atoms with Gasteiger partial charge < -0.3 is 15.8 Å². The number of benzene rings is 3. The first-order valence-electron chi connectivity index (χ1n) is 14.8. The number of amides is 2. The van der Waals surface area contributed by atoms with Crippen LogP contribution in [0, 0.1) is 17.7 Å². The maximum absolute atomic E-state index is 15.9. The molecule has 2 heterocycles. The van der Waals surface area contributed by atoms with Crippen LogP contribution in [0.4, 0.5) is 10.1 Å². The van der Waals surface area contributed by atoms with E-state index in [-0.39, 0.29) is 40.8 Å². The smallest absolute Gasteiger partial charge is 0.242 e. The number of nitrogens with one attached hydrogen (secondary N) is 1. The molecule has 1 aliphatic carbocycles. The van der Waals surface area contributed by atoms with Crippen LogP contribution < -0.4 is 15.8 Å². The predicted molar refractivity (Wildman–Crippen MR) is 166 cm³/mol. The fourth-order valence-electron chi connectivity index (χ4n) is 7.16. The summed E-state index contributed by atoms with van der Waals surface area (Å²) in [6, 6.07) is 18.9. The molecule has 7 nitrogen and oxygen atoms in total. The summed E-state index contributed by atoms with van der Waals surface area (Å²) in [4.78, 5) is 30.7. The van der Waals surface area contributed by atoms with E-state index < -0.39 is 17.8 Å². The first kappa shape index (κ1) is 29.9. The van der Waals surface area contributed by atoms with E-state index in [1.165, 1.54) is 6.07 Å². The number of ether oxygens (including phenoxy) is 1. The van der Waals surface area contributed by atoms with E-state index in [1.807, 2.05) is 31.2 Å². The fourth-order valence-corrected chi connectivity index (χ4v) is 7.53. The van der Waals surface area contributed by atoms with Gasteiger partial charge in [-0.05, 0) is 73.2 Å². The molecule has 3 aromatic carbocycles.